The molecule has 0 saturated carbocycles. The third-order valence-corrected chi connectivity index (χ3v) is 4.69. The van der Waals surface area contributed by atoms with Gasteiger partial charge in [0, 0.05) is 12.1 Å². The molecule has 0 aliphatic rings. The summed E-state index contributed by atoms with van der Waals surface area (Å²) in [5, 5.41) is 21.4. The van der Waals surface area contributed by atoms with Crippen LogP contribution >= 0.6 is 11.3 Å². The number of hydrogen-bond donors (Lipinski definition) is 0. The summed E-state index contributed by atoms with van der Waals surface area (Å²) >= 11 is 1.61. The van der Waals surface area contributed by atoms with E-state index < -0.39 is 4.92 Å². The van der Waals surface area contributed by atoms with E-state index in [2.05, 4.69) is 15.2 Å². The van der Waals surface area contributed by atoms with Gasteiger partial charge in [-0.3, -0.25) is 15.1 Å². The quantitative estimate of drug-likeness (QED) is 0.404. The van der Waals surface area contributed by atoms with Gasteiger partial charge in [-0.15, -0.1) is 21.5 Å². The molecule has 0 saturated heterocycles. The van der Waals surface area contributed by atoms with E-state index in [1.807, 2.05) is 29.3 Å². The fraction of sp³-hybridized carbons (Fsp3) is 0.0625. The van der Waals surface area contributed by atoms with Gasteiger partial charge in [0.2, 0.25) is 0 Å². The summed E-state index contributed by atoms with van der Waals surface area (Å²) in [6.45, 7) is 0.495. The van der Waals surface area contributed by atoms with Crippen molar-refractivity contribution >= 4 is 32.9 Å². The number of rotatable bonds is 5. The lowest BCUT2D eigenvalue weighted by Crippen LogP contribution is -2.27. The molecule has 9 heteroatoms. The zero-order valence-corrected chi connectivity index (χ0v) is 13.7. The molecule has 8 nitrogen and oxygen atoms in total. The Morgan fingerprint density at radius 1 is 1.08 bits per heavy atom. The number of hydrogen-bond acceptors (Lipinski definition) is 7. The molecular weight excluding hydrogens is 340 g/mol. The van der Waals surface area contributed by atoms with E-state index in [9.17, 15) is 10.1 Å². The number of nitro benzene ring substituents is 1. The standard InChI is InChI=1S/C16H12N6O2S/c23-22(24)13-7-5-12(6-8-13)21(20-10-17-18-11-20)9-16-19-14-3-1-2-4-15(14)25-16/h1-8,10-11H,9H2. The van der Waals surface area contributed by atoms with Crippen molar-refractivity contribution in [1.82, 2.24) is 19.9 Å². The SMILES string of the molecule is O=[N+]([O-])c1ccc(N(Cc2nc3ccccc3s2)n2cnnc2)cc1. The molecule has 0 aliphatic carbocycles. The van der Waals surface area contributed by atoms with Crippen LogP contribution in [0.1, 0.15) is 5.01 Å². The molecule has 0 unspecified atom stereocenters. The highest BCUT2D eigenvalue weighted by Crippen LogP contribution is 2.26. The number of para-hydroxylation sites is 1. The van der Waals surface area contributed by atoms with E-state index in [1.165, 1.54) is 12.1 Å². The first-order valence-electron chi connectivity index (χ1n) is 7.42. The van der Waals surface area contributed by atoms with Gasteiger partial charge in [-0.2, -0.15) is 0 Å². The van der Waals surface area contributed by atoms with Crippen molar-refractivity contribution in [2.24, 2.45) is 0 Å². The smallest absolute Gasteiger partial charge is 0.269 e. The minimum Gasteiger partial charge on any atom is -0.272 e. The van der Waals surface area contributed by atoms with E-state index in [-0.39, 0.29) is 5.69 Å². The summed E-state index contributed by atoms with van der Waals surface area (Å²) in [6.07, 6.45) is 3.16. The fourth-order valence-electron chi connectivity index (χ4n) is 2.49. The fourth-order valence-corrected chi connectivity index (χ4v) is 3.44. The van der Waals surface area contributed by atoms with E-state index in [0.29, 0.717) is 6.54 Å². The number of fused-ring (bicyclic) bond motifs is 1. The maximum absolute atomic E-state index is 10.9. The molecular formula is C16H12N6O2S. The third-order valence-electron chi connectivity index (χ3n) is 3.67. The molecule has 0 spiro atoms. The van der Waals surface area contributed by atoms with Crippen LogP contribution in [-0.2, 0) is 6.54 Å². The van der Waals surface area contributed by atoms with Crippen molar-refractivity contribution in [3.8, 4) is 0 Å². The summed E-state index contributed by atoms with van der Waals surface area (Å²) in [7, 11) is 0. The molecule has 2 aromatic carbocycles. The van der Waals surface area contributed by atoms with Gasteiger partial charge in [0.15, 0.2) is 0 Å². The van der Waals surface area contributed by atoms with Gasteiger partial charge in [0.25, 0.3) is 5.69 Å². The molecule has 0 bridgehead atoms. The van der Waals surface area contributed by atoms with Crippen LogP contribution in [-0.4, -0.2) is 24.8 Å². The van der Waals surface area contributed by atoms with E-state index in [0.717, 1.165) is 20.9 Å². The molecule has 0 amide bonds. The molecule has 0 atom stereocenters. The maximum atomic E-state index is 10.9. The van der Waals surface area contributed by atoms with Crippen molar-refractivity contribution in [2.45, 2.75) is 6.54 Å². The Morgan fingerprint density at radius 3 is 2.48 bits per heavy atom. The van der Waals surface area contributed by atoms with Crippen molar-refractivity contribution in [3.63, 3.8) is 0 Å². The number of nitrogens with zero attached hydrogens (tertiary/aromatic N) is 6. The molecule has 0 radical (unpaired) electrons. The molecule has 2 aromatic heterocycles. The van der Waals surface area contributed by atoms with Gasteiger partial charge in [-0.25, -0.2) is 9.66 Å². The Balaban J connectivity index is 1.70. The summed E-state index contributed by atoms with van der Waals surface area (Å²) in [4.78, 5) is 15.1. The average molecular weight is 352 g/mol. The lowest BCUT2D eigenvalue weighted by Gasteiger charge is -2.23. The average Bonchev–Trinajstić information content (AvgIpc) is 3.29. The second-order valence-corrected chi connectivity index (χ2v) is 6.36. The minimum atomic E-state index is -0.416. The first kappa shape index (κ1) is 15.2. The van der Waals surface area contributed by atoms with Crippen molar-refractivity contribution < 1.29 is 4.92 Å². The third kappa shape index (κ3) is 3.04. The number of thiazole rings is 1. The van der Waals surface area contributed by atoms with Crippen LogP contribution in [0.15, 0.2) is 61.2 Å². The van der Waals surface area contributed by atoms with Crippen LogP contribution in [0.3, 0.4) is 0 Å². The predicted molar refractivity (Wildman–Crippen MR) is 94.3 cm³/mol. The number of aromatic nitrogens is 4. The first-order chi connectivity index (χ1) is 12.2. The second kappa shape index (κ2) is 6.29. The molecule has 4 rings (SSSR count). The zero-order chi connectivity index (χ0) is 17.2. The van der Waals surface area contributed by atoms with E-state index in [4.69, 9.17) is 0 Å². The second-order valence-electron chi connectivity index (χ2n) is 5.25. The monoisotopic (exact) mass is 352 g/mol. The summed E-state index contributed by atoms with van der Waals surface area (Å²) in [5.74, 6) is 0. The molecule has 0 aliphatic heterocycles. The molecule has 0 N–H and O–H groups in total. The van der Waals surface area contributed by atoms with Crippen molar-refractivity contribution in [2.75, 3.05) is 5.01 Å². The van der Waals surface area contributed by atoms with E-state index in [1.54, 1.807) is 40.8 Å². The highest BCUT2D eigenvalue weighted by molar-refractivity contribution is 7.18. The van der Waals surface area contributed by atoms with Gasteiger partial charge < -0.3 is 0 Å². The first-order valence-corrected chi connectivity index (χ1v) is 8.24. The Labute approximate surface area is 146 Å². The lowest BCUT2D eigenvalue weighted by molar-refractivity contribution is -0.384. The Kier molecular flexibility index (Phi) is 3.82. The lowest BCUT2D eigenvalue weighted by atomic mass is 10.3. The van der Waals surface area contributed by atoms with E-state index >= 15 is 0 Å². The number of anilines is 1. The van der Waals surface area contributed by atoms with Crippen LogP contribution in [0.4, 0.5) is 11.4 Å². The molecule has 124 valence electrons. The largest absolute Gasteiger partial charge is 0.272 e. The normalized spacial score (nSPS) is 10.9. The van der Waals surface area contributed by atoms with Gasteiger partial charge >= 0.3 is 0 Å². The molecule has 0 fully saturated rings. The van der Waals surface area contributed by atoms with Crippen LogP contribution < -0.4 is 5.01 Å². The zero-order valence-electron chi connectivity index (χ0n) is 12.9. The van der Waals surface area contributed by atoms with Gasteiger partial charge in [-0.05, 0) is 24.3 Å². The summed E-state index contributed by atoms with van der Waals surface area (Å²) in [6, 6.07) is 14.3. The maximum Gasteiger partial charge on any atom is 0.269 e. The topological polar surface area (TPSA) is 90.0 Å². The summed E-state index contributed by atoms with van der Waals surface area (Å²) < 4.78 is 2.85. The number of non-ortho nitro benzene ring substituents is 1. The Morgan fingerprint density at radius 2 is 1.80 bits per heavy atom. The van der Waals surface area contributed by atoms with Crippen LogP contribution in [0, 0.1) is 10.1 Å². The highest BCUT2D eigenvalue weighted by atomic mass is 32.1. The van der Waals surface area contributed by atoms with Crippen LogP contribution in [0.25, 0.3) is 10.2 Å². The van der Waals surface area contributed by atoms with Crippen molar-refractivity contribution in [3.05, 3.63) is 76.3 Å². The Hall–Kier alpha value is -3.33. The molecule has 4 aromatic rings. The van der Waals surface area contributed by atoms with Gasteiger partial charge in [-0.1, -0.05) is 12.1 Å². The molecule has 25 heavy (non-hydrogen) atoms. The summed E-state index contributed by atoms with van der Waals surface area (Å²) in [5.41, 5.74) is 1.78. The van der Waals surface area contributed by atoms with Gasteiger partial charge in [0.1, 0.15) is 17.7 Å². The predicted octanol–water partition coefficient (Wildman–Crippen LogP) is 3.27. The number of nitro groups is 1. The van der Waals surface area contributed by atoms with Crippen molar-refractivity contribution in [1.29, 1.82) is 0 Å². The Bertz CT molecular complexity index is 980. The van der Waals surface area contributed by atoms with Gasteiger partial charge in [0.05, 0.1) is 27.4 Å². The minimum absolute atomic E-state index is 0.0486. The highest BCUT2D eigenvalue weighted by Gasteiger charge is 2.14. The number of benzene rings is 2. The van der Waals surface area contributed by atoms with Crippen LogP contribution in [0.5, 0.6) is 0 Å². The van der Waals surface area contributed by atoms with Crippen LogP contribution in [0.2, 0.25) is 0 Å². The molecule has 2 heterocycles.